The monoisotopic (exact) mass is 498 g/mol. The highest BCUT2D eigenvalue weighted by molar-refractivity contribution is 5.74. The second-order valence-corrected chi connectivity index (χ2v) is 8.66. The fourth-order valence-electron chi connectivity index (χ4n) is 4.08. The van der Waals surface area contributed by atoms with Crippen molar-refractivity contribution in [1.29, 1.82) is 5.26 Å². The lowest BCUT2D eigenvalue weighted by Crippen LogP contribution is -2.21. The van der Waals surface area contributed by atoms with Crippen LogP contribution in [0.2, 0.25) is 0 Å². The first-order valence-corrected chi connectivity index (χ1v) is 12.4. The molecule has 0 fully saturated rings. The zero-order valence-corrected chi connectivity index (χ0v) is 21.0. The maximum atomic E-state index is 12.4. The van der Waals surface area contributed by atoms with Crippen molar-refractivity contribution in [2.45, 2.75) is 39.0 Å². The Labute approximate surface area is 217 Å². The molecule has 4 rings (SSSR count). The van der Waals surface area contributed by atoms with Gasteiger partial charge in [-0.05, 0) is 54.3 Å². The van der Waals surface area contributed by atoms with Crippen molar-refractivity contribution in [3.8, 4) is 29.1 Å². The number of carbonyl (C=O) groups excluding carboxylic acids is 1. The van der Waals surface area contributed by atoms with Crippen LogP contribution in [-0.4, -0.2) is 19.2 Å². The van der Waals surface area contributed by atoms with E-state index in [1.54, 1.807) is 18.2 Å². The van der Waals surface area contributed by atoms with E-state index in [0.717, 1.165) is 36.1 Å². The number of ether oxygens (including phenoxy) is 4. The number of allylic oxidation sites excluding steroid dienone is 1. The van der Waals surface area contributed by atoms with Gasteiger partial charge in [0.05, 0.1) is 12.5 Å². The first-order valence-electron chi connectivity index (χ1n) is 12.4. The van der Waals surface area contributed by atoms with E-state index >= 15 is 0 Å². The molecule has 37 heavy (non-hydrogen) atoms. The van der Waals surface area contributed by atoms with Gasteiger partial charge in [0.2, 0.25) is 5.88 Å². The highest BCUT2D eigenvalue weighted by atomic mass is 16.6. The molecule has 7 heteroatoms. The van der Waals surface area contributed by atoms with E-state index in [9.17, 15) is 10.1 Å². The maximum Gasteiger partial charge on any atom is 0.349 e. The predicted octanol–water partition coefficient (Wildman–Crippen LogP) is 5.63. The van der Waals surface area contributed by atoms with E-state index in [0.29, 0.717) is 23.7 Å². The van der Waals surface area contributed by atoms with Gasteiger partial charge in [-0.25, -0.2) is 4.79 Å². The lowest BCUT2D eigenvalue weighted by molar-refractivity contribution is -0.136. The zero-order chi connectivity index (χ0) is 26.2. The average molecular weight is 499 g/mol. The van der Waals surface area contributed by atoms with E-state index in [2.05, 4.69) is 19.9 Å². The van der Waals surface area contributed by atoms with E-state index in [4.69, 9.17) is 24.7 Å². The molecule has 1 heterocycles. The fourth-order valence-corrected chi connectivity index (χ4v) is 4.08. The summed E-state index contributed by atoms with van der Waals surface area (Å²) in [6, 6.07) is 22.4. The molecular formula is C30H30N2O5. The van der Waals surface area contributed by atoms with Gasteiger partial charge in [0.15, 0.2) is 6.61 Å². The van der Waals surface area contributed by atoms with Crippen LogP contribution < -0.4 is 24.7 Å². The van der Waals surface area contributed by atoms with Crippen LogP contribution in [0.15, 0.2) is 78.2 Å². The Morgan fingerprint density at radius 1 is 1.00 bits per heavy atom. The van der Waals surface area contributed by atoms with Gasteiger partial charge in [-0.3, -0.25) is 0 Å². The van der Waals surface area contributed by atoms with Crippen molar-refractivity contribution < 1.29 is 23.7 Å². The normalized spacial score (nSPS) is 14.2. The molecule has 3 aromatic carbocycles. The molecule has 0 bridgehead atoms. The number of rotatable bonds is 10. The second-order valence-electron chi connectivity index (χ2n) is 8.66. The van der Waals surface area contributed by atoms with Crippen LogP contribution in [-0.2, 0) is 11.2 Å². The van der Waals surface area contributed by atoms with Gasteiger partial charge in [0.1, 0.15) is 34.6 Å². The minimum Gasteiger partial charge on any atom is -0.494 e. The van der Waals surface area contributed by atoms with Crippen LogP contribution >= 0.6 is 0 Å². The number of nitriles is 1. The van der Waals surface area contributed by atoms with Crippen molar-refractivity contribution in [1.82, 2.24) is 0 Å². The fraction of sp³-hybridized carbons (Fsp3) is 0.267. The van der Waals surface area contributed by atoms with Crippen LogP contribution in [0.1, 0.15) is 49.3 Å². The Kier molecular flexibility index (Phi) is 8.32. The number of hydrogen-bond donors (Lipinski definition) is 1. The minimum atomic E-state index is -0.551. The van der Waals surface area contributed by atoms with E-state index in [1.807, 2.05) is 48.5 Å². The standard InChI is InChI=1S/C30H30N2O5/c1-3-5-15-34-23-8-6-7-21(16-23)29-25-14-13-24(17-27(25)37-30(32)26(29)18-31)36-28(33)19-35-22-11-9-20(4-2)10-12-22/h6-14,16-17,29H,3-5,15,19,32H2,1-2H3. The van der Waals surface area contributed by atoms with Gasteiger partial charge in [-0.1, -0.05) is 50.6 Å². The molecule has 190 valence electrons. The number of hydrogen-bond acceptors (Lipinski definition) is 7. The number of aryl methyl sites for hydroxylation is 1. The summed E-state index contributed by atoms with van der Waals surface area (Å²) < 4.78 is 22.6. The van der Waals surface area contributed by atoms with Crippen molar-refractivity contribution in [2.24, 2.45) is 5.73 Å². The van der Waals surface area contributed by atoms with E-state index in [1.165, 1.54) is 5.56 Å². The molecule has 7 nitrogen and oxygen atoms in total. The summed E-state index contributed by atoms with van der Waals surface area (Å²) in [7, 11) is 0. The largest absolute Gasteiger partial charge is 0.494 e. The summed E-state index contributed by atoms with van der Waals surface area (Å²) >= 11 is 0. The minimum absolute atomic E-state index is 0.0136. The molecule has 0 saturated carbocycles. The van der Waals surface area contributed by atoms with Crippen molar-refractivity contribution in [2.75, 3.05) is 13.2 Å². The van der Waals surface area contributed by atoms with Crippen LogP contribution in [0.3, 0.4) is 0 Å². The second kappa shape index (κ2) is 12.0. The highest BCUT2D eigenvalue weighted by Crippen LogP contribution is 2.44. The average Bonchev–Trinajstić information content (AvgIpc) is 2.91. The Hall–Kier alpha value is -4.44. The van der Waals surface area contributed by atoms with Crippen molar-refractivity contribution in [3.63, 3.8) is 0 Å². The lowest BCUT2D eigenvalue weighted by atomic mass is 9.83. The first-order chi connectivity index (χ1) is 18.0. The zero-order valence-electron chi connectivity index (χ0n) is 21.0. The first kappa shape index (κ1) is 25.6. The Morgan fingerprint density at radius 3 is 2.51 bits per heavy atom. The smallest absolute Gasteiger partial charge is 0.349 e. The third-order valence-corrected chi connectivity index (χ3v) is 6.07. The van der Waals surface area contributed by atoms with Crippen LogP contribution in [0, 0.1) is 11.3 Å². The molecule has 0 radical (unpaired) electrons. The van der Waals surface area contributed by atoms with Crippen LogP contribution in [0.5, 0.6) is 23.0 Å². The third-order valence-electron chi connectivity index (χ3n) is 6.07. The Balaban J connectivity index is 1.51. The topological polar surface area (TPSA) is 104 Å². The quantitative estimate of drug-likeness (QED) is 0.219. The highest BCUT2D eigenvalue weighted by Gasteiger charge is 2.31. The predicted molar refractivity (Wildman–Crippen MR) is 140 cm³/mol. The van der Waals surface area contributed by atoms with Gasteiger partial charge in [0, 0.05) is 11.6 Å². The Morgan fingerprint density at radius 2 is 1.78 bits per heavy atom. The number of esters is 1. The number of nitrogens with two attached hydrogens (primary N) is 1. The summed E-state index contributed by atoms with van der Waals surface area (Å²) in [5.41, 5.74) is 9.22. The van der Waals surface area contributed by atoms with Crippen LogP contribution in [0.25, 0.3) is 0 Å². The van der Waals surface area contributed by atoms with Crippen molar-refractivity contribution in [3.05, 3.63) is 94.9 Å². The van der Waals surface area contributed by atoms with Crippen molar-refractivity contribution >= 4 is 5.97 Å². The molecule has 0 aliphatic carbocycles. The van der Waals surface area contributed by atoms with Gasteiger partial charge >= 0.3 is 5.97 Å². The van der Waals surface area contributed by atoms with E-state index < -0.39 is 11.9 Å². The molecule has 1 aliphatic rings. The molecule has 1 aliphatic heterocycles. The summed E-state index contributed by atoms with van der Waals surface area (Å²) in [6.07, 6.45) is 2.92. The maximum absolute atomic E-state index is 12.4. The third kappa shape index (κ3) is 6.22. The SMILES string of the molecule is CCCCOc1cccc(C2C(C#N)=C(N)Oc3cc(OC(=O)COc4ccc(CC)cc4)ccc32)c1. The molecule has 0 spiro atoms. The lowest BCUT2D eigenvalue weighted by Gasteiger charge is -2.27. The Bertz CT molecular complexity index is 1320. The van der Waals surface area contributed by atoms with Crippen LogP contribution in [0.4, 0.5) is 0 Å². The number of unbranched alkanes of at least 4 members (excludes halogenated alkanes) is 1. The molecular weight excluding hydrogens is 468 g/mol. The molecule has 0 saturated heterocycles. The van der Waals surface area contributed by atoms with E-state index in [-0.39, 0.29) is 18.2 Å². The van der Waals surface area contributed by atoms with Gasteiger partial charge in [-0.2, -0.15) is 5.26 Å². The summed E-state index contributed by atoms with van der Waals surface area (Å²) in [6.45, 7) is 4.56. The molecule has 1 unspecified atom stereocenters. The number of carbonyl (C=O) groups is 1. The number of benzene rings is 3. The van der Waals surface area contributed by atoms with Gasteiger partial charge in [0.25, 0.3) is 0 Å². The molecule has 3 aromatic rings. The molecule has 1 atom stereocenters. The summed E-state index contributed by atoms with van der Waals surface area (Å²) in [5, 5.41) is 9.83. The number of fused-ring (bicyclic) bond motifs is 1. The molecule has 2 N–H and O–H groups in total. The number of nitrogens with zero attached hydrogens (tertiary/aromatic N) is 1. The summed E-state index contributed by atoms with van der Waals surface area (Å²) in [5.74, 6) is 1.04. The summed E-state index contributed by atoms with van der Waals surface area (Å²) in [4.78, 5) is 12.4. The van der Waals surface area contributed by atoms with Gasteiger partial charge < -0.3 is 24.7 Å². The molecule has 0 amide bonds. The molecule has 0 aromatic heterocycles. The van der Waals surface area contributed by atoms with Gasteiger partial charge in [-0.15, -0.1) is 0 Å².